The van der Waals surface area contributed by atoms with Crippen LogP contribution in [0.3, 0.4) is 0 Å². The molecule has 6 heteroatoms. The fraction of sp³-hybridized carbons (Fsp3) is 0.471. The average Bonchev–Trinajstić information content (AvgIpc) is 2.57. The highest BCUT2D eigenvalue weighted by atomic mass is 16.5. The fourth-order valence-corrected chi connectivity index (χ4v) is 2.03. The Morgan fingerprint density at radius 3 is 2.35 bits per heavy atom. The number of carbonyl (C=O) groups is 3. The van der Waals surface area contributed by atoms with E-state index in [4.69, 9.17) is 4.74 Å². The van der Waals surface area contributed by atoms with E-state index in [0.29, 0.717) is 13.0 Å². The quantitative estimate of drug-likeness (QED) is 0.670. The summed E-state index contributed by atoms with van der Waals surface area (Å²) in [7, 11) is 1.28. The Kier molecular flexibility index (Phi) is 8.42. The van der Waals surface area contributed by atoms with E-state index < -0.39 is 12.0 Å². The molecule has 0 aliphatic carbocycles. The van der Waals surface area contributed by atoms with Gasteiger partial charge in [-0.3, -0.25) is 9.59 Å². The van der Waals surface area contributed by atoms with Crippen LogP contribution in [0.15, 0.2) is 30.3 Å². The zero-order chi connectivity index (χ0) is 17.1. The predicted molar refractivity (Wildman–Crippen MR) is 86.6 cm³/mol. The van der Waals surface area contributed by atoms with E-state index in [-0.39, 0.29) is 24.7 Å². The number of methoxy groups -OCH3 is 1. The molecule has 0 heterocycles. The van der Waals surface area contributed by atoms with Crippen LogP contribution >= 0.6 is 0 Å². The molecule has 0 fully saturated rings. The standard InChI is InChI=1S/C17H24N2O4/c1-3-11-18-15(20)9-10-16(21)19-14(17(22)23-2)12-13-7-5-4-6-8-13/h4-8,14H,3,9-12H2,1-2H3,(H,18,20)(H,19,21)/t14-/m1/s1. The number of amides is 2. The van der Waals surface area contributed by atoms with Crippen molar-refractivity contribution in [1.29, 1.82) is 0 Å². The molecule has 0 aromatic heterocycles. The van der Waals surface area contributed by atoms with E-state index in [9.17, 15) is 14.4 Å². The third-order valence-electron chi connectivity index (χ3n) is 3.25. The molecule has 0 saturated carbocycles. The molecule has 0 radical (unpaired) electrons. The Bertz CT molecular complexity index is 517. The molecule has 2 N–H and O–H groups in total. The molecule has 1 atom stereocenters. The van der Waals surface area contributed by atoms with Gasteiger partial charge in [0, 0.05) is 25.8 Å². The number of esters is 1. The molecular weight excluding hydrogens is 296 g/mol. The van der Waals surface area contributed by atoms with Crippen molar-refractivity contribution >= 4 is 17.8 Å². The number of carbonyl (C=O) groups excluding carboxylic acids is 3. The molecule has 0 aliphatic heterocycles. The first kappa shape index (κ1) is 18.7. The van der Waals surface area contributed by atoms with Crippen molar-refractivity contribution in [3.8, 4) is 0 Å². The Hall–Kier alpha value is -2.37. The van der Waals surface area contributed by atoms with Crippen molar-refractivity contribution in [1.82, 2.24) is 10.6 Å². The van der Waals surface area contributed by atoms with E-state index in [1.165, 1.54) is 7.11 Å². The van der Waals surface area contributed by atoms with Crippen LogP contribution in [0.4, 0.5) is 0 Å². The van der Waals surface area contributed by atoms with Crippen molar-refractivity contribution in [3.63, 3.8) is 0 Å². The molecule has 0 spiro atoms. The molecular formula is C17H24N2O4. The van der Waals surface area contributed by atoms with Gasteiger partial charge in [-0.15, -0.1) is 0 Å². The van der Waals surface area contributed by atoms with Gasteiger partial charge in [-0.2, -0.15) is 0 Å². The third kappa shape index (κ3) is 7.44. The summed E-state index contributed by atoms with van der Waals surface area (Å²) < 4.78 is 4.73. The van der Waals surface area contributed by atoms with Crippen molar-refractivity contribution in [2.24, 2.45) is 0 Å². The molecule has 1 rings (SSSR count). The maximum atomic E-state index is 11.9. The number of benzene rings is 1. The summed E-state index contributed by atoms with van der Waals surface area (Å²) in [6.45, 7) is 2.55. The summed E-state index contributed by atoms with van der Waals surface area (Å²) in [4.78, 5) is 35.2. The molecule has 0 unspecified atom stereocenters. The molecule has 6 nitrogen and oxygen atoms in total. The van der Waals surface area contributed by atoms with E-state index in [0.717, 1.165) is 12.0 Å². The summed E-state index contributed by atoms with van der Waals surface area (Å²) in [5.41, 5.74) is 0.920. The minimum atomic E-state index is -0.756. The maximum absolute atomic E-state index is 11.9. The average molecular weight is 320 g/mol. The predicted octanol–water partition coefficient (Wildman–Crippen LogP) is 1.19. The molecule has 0 bridgehead atoms. The van der Waals surface area contributed by atoms with E-state index in [1.54, 1.807) is 0 Å². The second kappa shape index (κ2) is 10.4. The van der Waals surface area contributed by atoms with Gasteiger partial charge in [0.2, 0.25) is 11.8 Å². The molecule has 1 aromatic carbocycles. The normalized spacial score (nSPS) is 11.4. The SMILES string of the molecule is CCCNC(=O)CCC(=O)N[C@H](Cc1ccccc1)C(=O)OC. The van der Waals surface area contributed by atoms with E-state index >= 15 is 0 Å². The highest BCUT2D eigenvalue weighted by Gasteiger charge is 2.22. The van der Waals surface area contributed by atoms with E-state index in [2.05, 4.69) is 10.6 Å². The Morgan fingerprint density at radius 2 is 1.74 bits per heavy atom. The summed E-state index contributed by atoms with van der Waals surface area (Å²) in [5, 5.41) is 5.34. The zero-order valence-electron chi connectivity index (χ0n) is 13.6. The van der Waals surface area contributed by atoms with Gasteiger partial charge in [0.1, 0.15) is 6.04 Å². The minimum Gasteiger partial charge on any atom is -0.467 e. The molecule has 0 aliphatic rings. The monoisotopic (exact) mass is 320 g/mol. The van der Waals surface area contributed by atoms with Crippen LogP contribution in [0.2, 0.25) is 0 Å². The molecule has 126 valence electrons. The Balaban J connectivity index is 2.51. The summed E-state index contributed by atoms with van der Waals surface area (Å²) >= 11 is 0. The van der Waals surface area contributed by atoms with Crippen LogP contribution in [-0.4, -0.2) is 37.5 Å². The van der Waals surface area contributed by atoms with Gasteiger partial charge < -0.3 is 15.4 Å². The highest BCUT2D eigenvalue weighted by Crippen LogP contribution is 2.05. The second-order valence-electron chi connectivity index (χ2n) is 5.18. The van der Waals surface area contributed by atoms with Crippen LogP contribution in [0, 0.1) is 0 Å². The number of ether oxygens (including phenoxy) is 1. The highest BCUT2D eigenvalue weighted by molar-refractivity contribution is 5.87. The first-order chi connectivity index (χ1) is 11.1. The second-order valence-corrected chi connectivity index (χ2v) is 5.18. The zero-order valence-corrected chi connectivity index (χ0v) is 13.6. The van der Waals surface area contributed by atoms with Crippen molar-refractivity contribution < 1.29 is 19.1 Å². The van der Waals surface area contributed by atoms with Crippen LogP contribution in [0.25, 0.3) is 0 Å². The van der Waals surface area contributed by atoms with Gasteiger partial charge in [0.25, 0.3) is 0 Å². The summed E-state index contributed by atoms with van der Waals surface area (Å²) in [6, 6.07) is 8.60. The Labute approximate surface area is 136 Å². The molecule has 23 heavy (non-hydrogen) atoms. The number of hydrogen-bond donors (Lipinski definition) is 2. The molecule has 0 saturated heterocycles. The lowest BCUT2D eigenvalue weighted by Gasteiger charge is -2.16. The van der Waals surface area contributed by atoms with Crippen LogP contribution in [-0.2, 0) is 25.5 Å². The lowest BCUT2D eigenvalue weighted by atomic mass is 10.1. The molecule has 2 amide bonds. The van der Waals surface area contributed by atoms with Crippen molar-refractivity contribution in [2.75, 3.05) is 13.7 Å². The van der Waals surface area contributed by atoms with Crippen molar-refractivity contribution in [3.05, 3.63) is 35.9 Å². The first-order valence-corrected chi connectivity index (χ1v) is 7.74. The van der Waals surface area contributed by atoms with Gasteiger partial charge in [-0.1, -0.05) is 37.3 Å². The number of nitrogens with one attached hydrogen (secondary N) is 2. The largest absolute Gasteiger partial charge is 0.467 e. The lowest BCUT2D eigenvalue weighted by Crippen LogP contribution is -2.43. The van der Waals surface area contributed by atoms with Crippen LogP contribution in [0.5, 0.6) is 0 Å². The minimum absolute atomic E-state index is 0.0395. The van der Waals surface area contributed by atoms with Crippen molar-refractivity contribution in [2.45, 2.75) is 38.6 Å². The third-order valence-corrected chi connectivity index (χ3v) is 3.25. The first-order valence-electron chi connectivity index (χ1n) is 7.74. The Morgan fingerprint density at radius 1 is 1.09 bits per heavy atom. The lowest BCUT2D eigenvalue weighted by molar-refractivity contribution is -0.145. The maximum Gasteiger partial charge on any atom is 0.328 e. The topological polar surface area (TPSA) is 84.5 Å². The summed E-state index contributed by atoms with van der Waals surface area (Å²) in [5.74, 6) is -1.01. The fourth-order valence-electron chi connectivity index (χ4n) is 2.03. The van der Waals surface area contributed by atoms with Gasteiger partial charge in [0.15, 0.2) is 0 Å². The van der Waals surface area contributed by atoms with Gasteiger partial charge >= 0.3 is 5.97 Å². The summed E-state index contributed by atoms with van der Waals surface area (Å²) in [6.07, 6.45) is 1.34. The van der Waals surface area contributed by atoms with Gasteiger partial charge in [0.05, 0.1) is 7.11 Å². The molecule has 1 aromatic rings. The number of rotatable bonds is 9. The van der Waals surface area contributed by atoms with Crippen LogP contribution < -0.4 is 10.6 Å². The van der Waals surface area contributed by atoms with Crippen LogP contribution in [0.1, 0.15) is 31.7 Å². The smallest absolute Gasteiger partial charge is 0.328 e. The van der Waals surface area contributed by atoms with Gasteiger partial charge in [-0.05, 0) is 12.0 Å². The van der Waals surface area contributed by atoms with E-state index in [1.807, 2.05) is 37.3 Å². The number of hydrogen-bond acceptors (Lipinski definition) is 4. The van der Waals surface area contributed by atoms with Gasteiger partial charge in [-0.25, -0.2) is 4.79 Å².